The highest BCUT2D eigenvalue weighted by atomic mass is 16.5. The van der Waals surface area contributed by atoms with Crippen molar-refractivity contribution in [3.8, 4) is 5.75 Å². The lowest BCUT2D eigenvalue weighted by Crippen LogP contribution is -2.53. The molecule has 0 atom stereocenters. The fourth-order valence-electron chi connectivity index (χ4n) is 2.99. The van der Waals surface area contributed by atoms with Crippen LogP contribution in [0.5, 0.6) is 5.75 Å². The minimum atomic E-state index is 0.366. The molecular weight excluding hydrogens is 252 g/mol. The first-order valence-corrected chi connectivity index (χ1v) is 7.44. The normalized spacial score (nSPS) is 24.2. The summed E-state index contributed by atoms with van der Waals surface area (Å²) < 4.78 is 5.73. The minimum Gasteiger partial charge on any atom is -0.488 e. The maximum Gasteiger partial charge on any atom is 0.161 e. The molecule has 108 valence electrons. The van der Waals surface area contributed by atoms with E-state index in [4.69, 9.17) is 10.5 Å². The number of hydrogen-bond donors (Lipinski definition) is 2. The molecule has 2 aliphatic rings. The van der Waals surface area contributed by atoms with E-state index in [0.29, 0.717) is 12.1 Å². The molecule has 0 bridgehead atoms. The predicted molar refractivity (Wildman–Crippen MR) is 81.3 cm³/mol. The summed E-state index contributed by atoms with van der Waals surface area (Å²) in [5.74, 6) is 0.897. The average Bonchev–Trinajstić information content (AvgIpc) is 2.94. The Bertz CT molecular complexity index is 589. The second kappa shape index (κ2) is 5.32. The van der Waals surface area contributed by atoms with E-state index in [1.165, 1.54) is 5.69 Å². The molecule has 0 spiro atoms. The maximum absolute atomic E-state index is 5.91. The number of fused-ring (bicyclic) bond motifs is 3. The first-order valence-electron chi connectivity index (χ1n) is 7.44. The number of aromatic amines is 1. The number of H-pyrrole nitrogens is 1. The minimum absolute atomic E-state index is 0.366. The Balaban J connectivity index is 0.000000581. The first kappa shape index (κ1) is 13.2. The van der Waals surface area contributed by atoms with Gasteiger partial charge in [0.15, 0.2) is 5.75 Å². The fourth-order valence-corrected chi connectivity index (χ4v) is 2.99. The third-order valence-corrected chi connectivity index (χ3v) is 3.99. The Morgan fingerprint density at radius 3 is 2.95 bits per heavy atom. The van der Waals surface area contributed by atoms with Crippen molar-refractivity contribution >= 4 is 16.7 Å². The highest BCUT2D eigenvalue weighted by molar-refractivity contribution is 5.93. The van der Waals surface area contributed by atoms with Crippen LogP contribution in [-0.2, 0) is 0 Å². The number of pyridine rings is 1. The third kappa shape index (κ3) is 2.02. The van der Waals surface area contributed by atoms with E-state index < -0.39 is 0 Å². The molecule has 0 aromatic carbocycles. The van der Waals surface area contributed by atoms with Crippen LogP contribution in [0.3, 0.4) is 0 Å². The second-order valence-corrected chi connectivity index (χ2v) is 5.14. The summed E-state index contributed by atoms with van der Waals surface area (Å²) in [6.45, 7) is 5.67. The van der Waals surface area contributed by atoms with Crippen LogP contribution in [0.25, 0.3) is 11.0 Å². The largest absolute Gasteiger partial charge is 0.488 e. The number of hydrogen-bond acceptors (Lipinski definition) is 4. The molecule has 5 nitrogen and oxygen atoms in total. The Morgan fingerprint density at radius 2 is 2.20 bits per heavy atom. The van der Waals surface area contributed by atoms with Gasteiger partial charge in [-0.1, -0.05) is 13.8 Å². The molecule has 1 aliphatic heterocycles. The van der Waals surface area contributed by atoms with Crippen molar-refractivity contribution in [1.82, 2.24) is 9.97 Å². The van der Waals surface area contributed by atoms with Crippen LogP contribution in [0.4, 0.5) is 5.69 Å². The number of anilines is 1. The van der Waals surface area contributed by atoms with Gasteiger partial charge in [0.1, 0.15) is 12.3 Å². The Morgan fingerprint density at radius 1 is 1.40 bits per heavy atom. The lowest BCUT2D eigenvalue weighted by molar-refractivity contribution is 0.265. The standard InChI is InChI=1S/C13H16N4O.C2H6/c14-8-5-9(6-8)17-3-4-18-11-7-16-13-10(12(11)17)1-2-15-13;1-2/h1-2,7-9H,3-6,14H2,(H,15,16);1-2H3. The smallest absolute Gasteiger partial charge is 0.161 e. The van der Waals surface area contributed by atoms with Gasteiger partial charge < -0.3 is 20.4 Å². The summed E-state index contributed by atoms with van der Waals surface area (Å²) in [6, 6.07) is 2.99. The van der Waals surface area contributed by atoms with Crippen LogP contribution in [0.2, 0.25) is 0 Å². The first-order chi connectivity index (χ1) is 9.83. The molecule has 20 heavy (non-hydrogen) atoms. The number of nitrogens with two attached hydrogens (primary N) is 1. The van der Waals surface area contributed by atoms with Crippen molar-refractivity contribution in [1.29, 1.82) is 0 Å². The van der Waals surface area contributed by atoms with E-state index in [1.807, 2.05) is 26.2 Å². The van der Waals surface area contributed by atoms with Gasteiger partial charge in [0.2, 0.25) is 0 Å². The highest BCUT2D eigenvalue weighted by Crippen LogP contribution is 2.41. The van der Waals surface area contributed by atoms with E-state index in [2.05, 4.69) is 20.9 Å². The van der Waals surface area contributed by atoms with E-state index >= 15 is 0 Å². The van der Waals surface area contributed by atoms with Crippen molar-refractivity contribution in [2.45, 2.75) is 38.8 Å². The van der Waals surface area contributed by atoms with Crippen molar-refractivity contribution in [2.24, 2.45) is 5.73 Å². The number of aromatic nitrogens is 2. The van der Waals surface area contributed by atoms with Gasteiger partial charge in [-0.2, -0.15) is 0 Å². The molecule has 1 fully saturated rings. The Kier molecular flexibility index (Phi) is 3.53. The average molecular weight is 274 g/mol. The van der Waals surface area contributed by atoms with E-state index in [-0.39, 0.29) is 0 Å². The number of ether oxygens (including phenoxy) is 1. The zero-order chi connectivity index (χ0) is 14.1. The van der Waals surface area contributed by atoms with Crippen molar-refractivity contribution in [3.63, 3.8) is 0 Å². The zero-order valence-electron chi connectivity index (χ0n) is 12.1. The number of rotatable bonds is 1. The Hall–Kier alpha value is -1.75. The van der Waals surface area contributed by atoms with Crippen molar-refractivity contribution < 1.29 is 4.74 Å². The van der Waals surface area contributed by atoms with Gasteiger partial charge in [0.05, 0.1) is 18.4 Å². The van der Waals surface area contributed by atoms with Gasteiger partial charge in [-0.15, -0.1) is 0 Å². The topological polar surface area (TPSA) is 67.2 Å². The van der Waals surface area contributed by atoms with Crippen LogP contribution < -0.4 is 15.4 Å². The third-order valence-electron chi connectivity index (χ3n) is 3.99. The fraction of sp³-hybridized carbons (Fsp3) is 0.533. The van der Waals surface area contributed by atoms with Gasteiger partial charge in [0.25, 0.3) is 0 Å². The molecular formula is C15H22N4O. The lowest BCUT2D eigenvalue weighted by Gasteiger charge is -2.45. The van der Waals surface area contributed by atoms with Crippen LogP contribution in [-0.4, -0.2) is 35.2 Å². The molecule has 0 amide bonds. The van der Waals surface area contributed by atoms with Gasteiger partial charge >= 0.3 is 0 Å². The molecule has 3 N–H and O–H groups in total. The SMILES string of the molecule is CC.NC1CC(N2CCOc3cnc4[nH]ccc4c32)C1. The maximum atomic E-state index is 5.91. The van der Waals surface area contributed by atoms with Crippen LogP contribution in [0, 0.1) is 0 Å². The van der Waals surface area contributed by atoms with E-state index in [9.17, 15) is 0 Å². The van der Waals surface area contributed by atoms with Crippen LogP contribution >= 0.6 is 0 Å². The summed E-state index contributed by atoms with van der Waals surface area (Å²) in [5, 5.41) is 1.15. The number of nitrogens with one attached hydrogen (secondary N) is 1. The van der Waals surface area contributed by atoms with E-state index in [0.717, 1.165) is 42.8 Å². The molecule has 4 rings (SSSR count). The van der Waals surface area contributed by atoms with Crippen molar-refractivity contribution in [3.05, 3.63) is 18.5 Å². The summed E-state index contributed by atoms with van der Waals surface area (Å²) >= 11 is 0. The molecule has 1 aliphatic carbocycles. The molecule has 0 unspecified atom stereocenters. The van der Waals surface area contributed by atoms with Crippen molar-refractivity contribution in [2.75, 3.05) is 18.1 Å². The number of nitrogens with zero attached hydrogens (tertiary/aromatic N) is 2. The summed E-state index contributed by atoms with van der Waals surface area (Å²) in [7, 11) is 0. The quantitative estimate of drug-likeness (QED) is 0.837. The van der Waals surface area contributed by atoms with Gasteiger partial charge in [-0.05, 0) is 18.9 Å². The van der Waals surface area contributed by atoms with Gasteiger partial charge in [0, 0.05) is 23.7 Å². The molecule has 0 saturated heterocycles. The predicted octanol–water partition coefficient (Wildman–Crippen LogP) is 2.28. The van der Waals surface area contributed by atoms with E-state index in [1.54, 1.807) is 0 Å². The monoisotopic (exact) mass is 274 g/mol. The summed E-state index contributed by atoms with van der Waals surface area (Å²) in [5.41, 5.74) is 8.02. The highest BCUT2D eigenvalue weighted by Gasteiger charge is 2.35. The molecule has 3 heterocycles. The molecule has 2 aromatic heterocycles. The van der Waals surface area contributed by atoms with Crippen LogP contribution in [0.15, 0.2) is 18.5 Å². The van der Waals surface area contributed by atoms with Gasteiger partial charge in [-0.3, -0.25) is 0 Å². The Labute approximate surface area is 119 Å². The van der Waals surface area contributed by atoms with Crippen LogP contribution in [0.1, 0.15) is 26.7 Å². The summed E-state index contributed by atoms with van der Waals surface area (Å²) in [4.78, 5) is 9.98. The molecule has 0 radical (unpaired) electrons. The summed E-state index contributed by atoms with van der Waals surface area (Å²) in [6.07, 6.45) is 5.90. The van der Waals surface area contributed by atoms with Gasteiger partial charge in [-0.25, -0.2) is 4.98 Å². The molecule has 5 heteroatoms. The molecule has 1 saturated carbocycles. The molecule has 2 aromatic rings. The second-order valence-electron chi connectivity index (χ2n) is 5.14. The lowest BCUT2D eigenvalue weighted by atomic mass is 9.85. The zero-order valence-corrected chi connectivity index (χ0v) is 12.1.